The highest BCUT2D eigenvalue weighted by molar-refractivity contribution is 6.37. The topological polar surface area (TPSA) is 25.2 Å². The number of rotatable bonds is 6. The number of Topliss-reactive ketones (excluding diaryl/α,β-unsaturated/α-hetero) is 1. The number of likely N-dealkylation sites (N-methyl/N-ethyl adjacent to an activating group) is 1. The summed E-state index contributed by atoms with van der Waals surface area (Å²) in [6.07, 6.45) is 2.98. The lowest BCUT2D eigenvalue weighted by Crippen LogP contribution is -2.29. The zero-order valence-corrected chi connectivity index (χ0v) is 18.3. The number of hydrogen-bond acceptors (Lipinski definition) is 2. The van der Waals surface area contributed by atoms with Gasteiger partial charge in [0.15, 0.2) is 5.78 Å². The van der Waals surface area contributed by atoms with Crippen molar-refractivity contribution in [3.8, 4) is 0 Å². The fraction of sp³-hybridized carbons (Fsp3) is 0.609. The second-order valence-electron chi connectivity index (χ2n) is 9.22. The molecule has 2 aromatic rings. The number of fused-ring (bicyclic) bond motifs is 1. The second kappa shape index (κ2) is 8.39. The third-order valence-electron chi connectivity index (χ3n) is 6.82. The molecule has 0 radical (unpaired) electrons. The largest absolute Gasteiger partial charge is 0.345 e. The number of halogens is 5. The van der Waals surface area contributed by atoms with Crippen LogP contribution in [0.4, 0.5) is 17.6 Å². The van der Waals surface area contributed by atoms with E-state index in [4.69, 9.17) is 11.6 Å². The van der Waals surface area contributed by atoms with Gasteiger partial charge in [0.25, 0.3) is 5.92 Å². The third kappa shape index (κ3) is 4.92. The molecule has 1 aromatic carbocycles. The third-order valence-corrected chi connectivity index (χ3v) is 7.13. The summed E-state index contributed by atoms with van der Waals surface area (Å²) in [5.74, 6) is -5.25. The molecule has 8 heteroatoms. The number of carbonyl (C=O) groups is 1. The highest BCUT2D eigenvalue weighted by Gasteiger charge is 2.43. The maximum atomic E-state index is 13.8. The molecule has 2 fully saturated rings. The van der Waals surface area contributed by atoms with E-state index in [1.807, 2.05) is 10.6 Å². The van der Waals surface area contributed by atoms with Gasteiger partial charge in [0, 0.05) is 55.4 Å². The summed E-state index contributed by atoms with van der Waals surface area (Å²) in [5, 5.41) is 1.08. The van der Waals surface area contributed by atoms with Crippen LogP contribution in [0.5, 0.6) is 0 Å². The Kier molecular flexibility index (Phi) is 6.12. The molecule has 1 aliphatic carbocycles. The van der Waals surface area contributed by atoms with Crippen LogP contribution in [0.1, 0.15) is 55.3 Å². The van der Waals surface area contributed by atoms with Gasteiger partial charge in [0.05, 0.1) is 17.1 Å². The van der Waals surface area contributed by atoms with Crippen molar-refractivity contribution in [3.63, 3.8) is 0 Å². The number of alkyl halides is 4. The molecule has 1 atom stereocenters. The van der Waals surface area contributed by atoms with Gasteiger partial charge in [-0.2, -0.15) is 0 Å². The molecule has 0 unspecified atom stereocenters. The molecule has 2 heterocycles. The van der Waals surface area contributed by atoms with E-state index < -0.39 is 11.8 Å². The first-order valence-corrected chi connectivity index (χ1v) is 11.2. The lowest BCUT2D eigenvalue weighted by atomic mass is 9.83. The van der Waals surface area contributed by atoms with Crippen molar-refractivity contribution >= 4 is 28.3 Å². The Morgan fingerprint density at radius 1 is 1.16 bits per heavy atom. The quantitative estimate of drug-likeness (QED) is 0.368. The summed E-state index contributed by atoms with van der Waals surface area (Å²) in [6.45, 7) is 0.0672. The van der Waals surface area contributed by atoms with Crippen molar-refractivity contribution in [1.29, 1.82) is 0 Å². The monoisotopic (exact) mass is 458 g/mol. The van der Waals surface area contributed by atoms with Crippen molar-refractivity contribution in [3.05, 3.63) is 35.0 Å². The van der Waals surface area contributed by atoms with E-state index in [9.17, 15) is 22.4 Å². The summed E-state index contributed by atoms with van der Waals surface area (Å²) in [7, 11) is 1.68. The van der Waals surface area contributed by atoms with Gasteiger partial charge >= 0.3 is 0 Å². The molecule has 1 aromatic heterocycles. The first-order valence-electron chi connectivity index (χ1n) is 10.8. The van der Waals surface area contributed by atoms with Crippen molar-refractivity contribution in [1.82, 2.24) is 9.47 Å². The van der Waals surface area contributed by atoms with Crippen LogP contribution >= 0.6 is 11.6 Å². The minimum Gasteiger partial charge on any atom is -0.345 e. The number of benzene rings is 1. The second-order valence-corrected chi connectivity index (χ2v) is 9.63. The highest BCUT2D eigenvalue weighted by Crippen LogP contribution is 2.39. The van der Waals surface area contributed by atoms with E-state index >= 15 is 0 Å². The summed E-state index contributed by atoms with van der Waals surface area (Å²) in [4.78, 5) is 14.7. The van der Waals surface area contributed by atoms with Crippen LogP contribution in [-0.4, -0.2) is 46.7 Å². The lowest BCUT2D eigenvalue weighted by molar-refractivity contribution is -0.0464. The van der Waals surface area contributed by atoms with Gasteiger partial charge in [-0.3, -0.25) is 9.69 Å². The van der Waals surface area contributed by atoms with E-state index in [0.29, 0.717) is 41.8 Å². The molecular weight excluding hydrogens is 432 g/mol. The standard InChI is InChI=1S/C23H27ClF4N2O/c1-29-14-23(27,28)11-16(29)12-30-13-17(21-18(24)3-2-4-19(21)30)20(31)6-5-15-7-9-22(25,26)10-8-15/h2-4,13,15-16H,5-12,14H2,1H3/t16-/m0/s1. The minimum atomic E-state index is -2.71. The molecule has 170 valence electrons. The summed E-state index contributed by atoms with van der Waals surface area (Å²) in [5.41, 5.74) is 1.23. The van der Waals surface area contributed by atoms with Crippen LogP contribution in [0, 0.1) is 5.92 Å². The van der Waals surface area contributed by atoms with Gasteiger partial charge in [-0.05, 0) is 44.4 Å². The molecule has 1 aliphatic heterocycles. The molecule has 0 bridgehead atoms. The lowest BCUT2D eigenvalue weighted by Gasteiger charge is -2.27. The van der Waals surface area contributed by atoms with Crippen LogP contribution in [-0.2, 0) is 6.54 Å². The van der Waals surface area contributed by atoms with E-state index in [1.165, 1.54) is 0 Å². The summed E-state index contributed by atoms with van der Waals surface area (Å²) in [6, 6.07) is 5.00. The van der Waals surface area contributed by atoms with Crippen LogP contribution in [0.15, 0.2) is 24.4 Å². The predicted molar refractivity (Wildman–Crippen MR) is 113 cm³/mol. The average molecular weight is 459 g/mol. The highest BCUT2D eigenvalue weighted by atomic mass is 35.5. The van der Waals surface area contributed by atoms with Crippen molar-refractivity contribution in [2.45, 2.75) is 69.4 Å². The molecule has 1 saturated carbocycles. The average Bonchev–Trinajstić information content (AvgIpc) is 3.18. The van der Waals surface area contributed by atoms with Crippen LogP contribution in [0.3, 0.4) is 0 Å². The number of likely N-dealkylation sites (tertiary alicyclic amines) is 1. The molecule has 0 amide bonds. The molecular formula is C23H27ClF4N2O. The Balaban J connectivity index is 1.52. The van der Waals surface area contributed by atoms with Gasteiger partial charge in [0.2, 0.25) is 5.92 Å². The Bertz CT molecular complexity index is 964. The van der Waals surface area contributed by atoms with E-state index in [1.54, 1.807) is 30.3 Å². The zero-order chi connectivity index (χ0) is 22.4. The summed E-state index contributed by atoms with van der Waals surface area (Å²) >= 11 is 6.41. The predicted octanol–water partition coefficient (Wildman–Crippen LogP) is 6.42. The molecule has 0 spiro atoms. The Morgan fingerprint density at radius 3 is 2.52 bits per heavy atom. The molecule has 1 saturated heterocycles. The maximum Gasteiger partial charge on any atom is 0.262 e. The zero-order valence-electron chi connectivity index (χ0n) is 17.5. The van der Waals surface area contributed by atoms with E-state index in [2.05, 4.69) is 0 Å². The van der Waals surface area contributed by atoms with Crippen LogP contribution in [0.2, 0.25) is 5.02 Å². The van der Waals surface area contributed by atoms with Crippen LogP contribution in [0.25, 0.3) is 10.9 Å². The van der Waals surface area contributed by atoms with E-state index in [0.717, 1.165) is 5.52 Å². The number of carbonyl (C=O) groups excluding carboxylic acids is 1. The van der Waals surface area contributed by atoms with Gasteiger partial charge in [-0.15, -0.1) is 0 Å². The van der Waals surface area contributed by atoms with Gasteiger partial charge in [0.1, 0.15) is 0 Å². The molecule has 3 nitrogen and oxygen atoms in total. The molecule has 4 rings (SSSR count). The first kappa shape index (κ1) is 22.6. The number of aromatic nitrogens is 1. The maximum absolute atomic E-state index is 13.8. The first-order chi connectivity index (χ1) is 14.5. The fourth-order valence-electron chi connectivity index (χ4n) is 5.02. The Hall–Kier alpha value is -1.60. The Morgan fingerprint density at radius 2 is 1.87 bits per heavy atom. The van der Waals surface area contributed by atoms with Gasteiger partial charge in [-0.1, -0.05) is 17.7 Å². The van der Waals surface area contributed by atoms with Crippen molar-refractivity contribution in [2.24, 2.45) is 5.92 Å². The van der Waals surface area contributed by atoms with Gasteiger partial charge in [-0.25, -0.2) is 17.6 Å². The molecule has 31 heavy (non-hydrogen) atoms. The number of nitrogens with zero attached hydrogens (tertiary/aromatic N) is 2. The van der Waals surface area contributed by atoms with Gasteiger partial charge < -0.3 is 4.57 Å². The Labute approximate surface area is 184 Å². The summed E-state index contributed by atoms with van der Waals surface area (Å²) < 4.78 is 56.2. The van der Waals surface area contributed by atoms with E-state index in [-0.39, 0.29) is 50.0 Å². The normalized spacial score (nSPS) is 24.1. The van der Waals surface area contributed by atoms with Crippen LogP contribution < -0.4 is 0 Å². The number of ketones is 1. The van der Waals surface area contributed by atoms with Crippen molar-refractivity contribution < 1.29 is 22.4 Å². The minimum absolute atomic E-state index is 0.0840. The SMILES string of the molecule is CN1CC(F)(F)C[C@H]1Cn1cc(C(=O)CCC2CCC(F)(F)CC2)c2c(Cl)cccc21. The van der Waals surface area contributed by atoms with Crippen molar-refractivity contribution in [2.75, 3.05) is 13.6 Å². The smallest absolute Gasteiger partial charge is 0.262 e. The molecule has 2 aliphatic rings. The fourth-order valence-corrected chi connectivity index (χ4v) is 5.29. The molecule has 0 N–H and O–H groups in total. The number of hydrogen-bond donors (Lipinski definition) is 0.